The zero-order valence-electron chi connectivity index (χ0n) is 11.2. The number of benzene rings is 2. The molecule has 0 N–H and O–H groups in total. The van der Waals surface area contributed by atoms with E-state index in [1.54, 1.807) is 0 Å². The average molecular weight is 280 g/mol. The highest BCUT2D eigenvalue weighted by Crippen LogP contribution is 2.43. The van der Waals surface area contributed by atoms with E-state index in [2.05, 4.69) is 10.4 Å². The van der Waals surface area contributed by atoms with Crippen molar-refractivity contribution in [1.29, 1.82) is 0 Å². The Balaban J connectivity index is 2.21. The molecular weight excluding hydrogens is 268 g/mol. The lowest BCUT2D eigenvalue weighted by Gasteiger charge is -2.21. The van der Waals surface area contributed by atoms with Gasteiger partial charge in [-0.25, -0.2) is 0 Å². The van der Waals surface area contributed by atoms with Gasteiger partial charge in [-0.3, -0.25) is 4.79 Å². The van der Waals surface area contributed by atoms with Crippen LogP contribution in [0.25, 0.3) is 21.3 Å². The predicted octanol–water partition coefficient (Wildman–Crippen LogP) is 3.57. The number of hydrogen-bond acceptors (Lipinski definition) is 4. The van der Waals surface area contributed by atoms with Gasteiger partial charge in [-0.05, 0) is 23.7 Å². The van der Waals surface area contributed by atoms with Gasteiger partial charge in [0.25, 0.3) is 0 Å². The molecule has 1 aromatic heterocycles. The first-order chi connectivity index (χ1) is 9.68. The lowest BCUT2D eigenvalue weighted by Crippen LogP contribution is -2.17. The van der Waals surface area contributed by atoms with Crippen LogP contribution in [-0.2, 0) is 0 Å². The number of anilines is 1. The fraction of sp³-hybridized carbons (Fsp3) is 0.125. The lowest BCUT2D eigenvalue weighted by molar-refractivity contribution is 0.104. The molecule has 0 spiro atoms. The highest BCUT2D eigenvalue weighted by atomic mass is 32.1. The maximum Gasteiger partial charge on any atom is 0.196 e. The van der Waals surface area contributed by atoms with Crippen LogP contribution in [0.5, 0.6) is 0 Å². The number of carbonyl (C=O) groups excluding carboxylic acids is 1. The summed E-state index contributed by atoms with van der Waals surface area (Å²) in [6, 6.07) is 11.8. The largest absolute Gasteiger partial charge is 0.377 e. The van der Waals surface area contributed by atoms with Crippen LogP contribution in [0.3, 0.4) is 0 Å². The van der Waals surface area contributed by atoms with Gasteiger partial charge in [0.1, 0.15) is 0 Å². The van der Waals surface area contributed by atoms with Crippen LogP contribution >= 0.6 is 11.5 Å². The molecule has 4 rings (SSSR count). The van der Waals surface area contributed by atoms with Crippen LogP contribution in [0.1, 0.15) is 15.9 Å². The molecule has 20 heavy (non-hydrogen) atoms. The molecule has 0 amide bonds. The number of fused-ring (bicyclic) bond motifs is 2. The Labute approximate surface area is 120 Å². The highest BCUT2D eigenvalue weighted by Gasteiger charge is 2.29. The minimum atomic E-state index is 0.0996. The minimum Gasteiger partial charge on any atom is -0.377 e. The monoisotopic (exact) mass is 280 g/mol. The van der Waals surface area contributed by atoms with Crippen molar-refractivity contribution in [3.05, 3.63) is 47.5 Å². The van der Waals surface area contributed by atoms with E-state index in [0.717, 1.165) is 38.2 Å². The molecule has 1 aliphatic rings. The quantitative estimate of drug-likeness (QED) is 0.534. The van der Waals surface area contributed by atoms with E-state index < -0.39 is 0 Å². The number of aromatic nitrogens is 1. The molecule has 0 radical (unpaired) electrons. The number of nitrogens with zero attached hydrogens (tertiary/aromatic N) is 2. The number of rotatable bonds is 1. The van der Waals surface area contributed by atoms with Crippen LogP contribution in [-0.4, -0.2) is 24.3 Å². The molecule has 0 atom stereocenters. The fourth-order valence-electron chi connectivity index (χ4n) is 2.83. The molecule has 4 heteroatoms. The number of hydrogen-bond donors (Lipinski definition) is 0. The Kier molecular flexibility index (Phi) is 2.26. The van der Waals surface area contributed by atoms with Crippen molar-refractivity contribution < 1.29 is 4.79 Å². The van der Waals surface area contributed by atoms with E-state index in [4.69, 9.17) is 0 Å². The SMILES string of the molecule is CN(C)c1ccc2snc3c2c1C(=O)c1ccccc1-3. The summed E-state index contributed by atoms with van der Waals surface area (Å²) < 4.78 is 5.65. The minimum absolute atomic E-state index is 0.0996. The van der Waals surface area contributed by atoms with Crippen LogP contribution in [0.4, 0.5) is 5.69 Å². The Bertz CT molecular complexity index is 864. The molecule has 2 aromatic carbocycles. The van der Waals surface area contributed by atoms with Crippen molar-refractivity contribution in [3.63, 3.8) is 0 Å². The Hall–Kier alpha value is -2.20. The highest BCUT2D eigenvalue weighted by molar-refractivity contribution is 7.13. The maximum absolute atomic E-state index is 12.9. The van der Waals surface area contributed by atoms with Crippen molar-refractivity contribution in [1.82, 2.24) is 4.37 Å². The molecule has 3 aromatic rings. The summed E-state index contributed by atoms with van der Waals surface area (Å²) in [7, 11) is 3.93. The zero-order valence-corrected chi connectivity index (χ0v) is 12.0. The van der Waals surface area contributed by atoms with E-state index in [1.165, 1.54) is 11.5 Å². The summed E-state index contributed by atoms with van der Waals surface area (Å²) >= 11 is 1.46. The predicted molar refractivity (Wildman–Crippen MR) is 82.8 cm³/mol. The zero-order chi connectivity index (χ0) is 13.9. The van der Waals surface area contributed by atoms with Crippen molar-refractivity contribution in [2.24, 2.45) is 0 Å². The topological polar surface area (TPSA) is 33.2 Å². The second kappa shape index (κ2) is 3.90. The van der Waals surface area contributed by atoms with E-state index in [0.29, 0.717) is 0 Å². The van der Waals surface area contributed by atoms with Gasteiger partial charge in [0, 0.05) is 36.3 Å². The molecule has 1 heterocycles. The summed E-state index contributed by atoms with van der Waals surface area (Å²) in [6.07, 6.45) is 0. The van der Waals surface area contributed by atoms with Crippen LogP contribution in [0.15, 0.2) is 36.4 Å². The molecule has 0 unspecified atom stereocenters. The Morgan fingerprint density at radius 1 is 1.05 bits per heavy atom. The molecule has 0 fully saturated rings. The standard InChI is InChI=1S/C16H12N2OS/c1-18(2)11-7-8-12-14-13(11)16(19)10-6-4-3-5-9(10)15(14)17-20-12/h3-8H,1-2H3. The van der Waals surface area contributed by atoms with Gasteiger partial charge >= 0.3 is 0 Å². The van der Waals surface area contributed by atoms with Gasteiger partial charge < -0.3 is 4.90 Å². The average Bonchev–Trinajstić information content (AvgIpc) is 2.89. The van der Waals surface area contributed by atoms with E-state index in [-0.39, 0.29) is 5.78 Å². The Morgan fingerprint density at radius 2 is 1.80 bits per heavy atom. The van der Waals surface area contributed by atoms with Gasteiger partial charge in [0.15, 0.2) is 5.78 Å². The fourth-order valence-corrected chi connectivity index (χ4v) is 3.63. The third-order valence-corrected chi connectivity index (χ3v) is 4.56. The third-order valence-electron chi connectivity index (χ3n) is 3.75. The van der Waals surface area contributed by atoms with Crippen molar-refractivity contribution in [2.45, 2.75) is 0 Å². The van der Waals surface area contributed by atoms with E-state index in [1.807, 2.05) is 49.3 Å². The smallest absolute Gasteiger partial charge is 0.196 e. The summed E-state index contributed by atoms with van der Waals surface area (Å²) in [5.74, 6) is 0.0996. The van der Waals surface area contributed by atoms with Crippen molar-refractivity contribution in [2.75, 3.05) is 19.0 Å². The first-order valence-electron chi connectivity index (χ1n) is 6.42. The number of carbonyl (C=O) groups is 1. The molecule has 3 nitrogen and oxygen atoms in total. The molecule has 0 saturated carbocycles. The van der Waals surface area contributed by atoms with Crippen molar-refractivity contribution >= 4 is 33.1 Å². The van der Waals surface area contributed by atoms with Crippen LogP contribution in [0.2, 0.25) is 0 Å². The molecule has 0 aliphatic heterocycles. The lowest BCUT2D eigenvalue weighted by atomic mass is 9.86. The Morgan fingerprint density at radius 3 is 2.55 bits per heavy atom. The number of ketones is 1. The van der Waals surface area contributed by atoms with Gasteiger partial charge in [0.2, 0.25) is 0 Å². The van der Waals surface area contributed by atoms with Crippen molar-refractivity contribution in [3.8, 4) is 11.3 Å². The summed E-state index contributed by atoms with van der Waals surface area (Å²) in [6.45, 7) is 0. The van der Waals surface area contributed by atoms with Gasteiger partial charge in [-0.1, -0.05) is 24.3 Å². The summed E-state index contributed by atoms with van der Waals surface area (Å²) in [5.41, 5.74) is 4.39. The molecule has 0 saturated heterocycles. The molecule has 1 aliphatic carbocycles. The van der Waals surface area contributed by atoms with E-state index >= 15 is 0 Å². The van der Waals surface area contributed by atoms with Gasteiger partial charge in [-0.15, -0.1) is 0 Å². The first-order valence-corrected chi connectivity index (χ1v) is 7.19. The maximum atomic E-state index is 12.9. The first kappa shape index (κ1) is 11.6. The second-order valence-corrected chi connectivity index (χ2v) is 5.94. The molecule has 0 bridgehead atoms. The van der Waals surface area contributed by atoms with Gasteiger partial charge in [-0.2, -0.15) is 4.37 Å². The van der Waals surface area contributed by atoms with Crippen LogP contribution in [0, 0.1) is 0 Å². The van der Waals surface area contributed by atoms with Gasteiger partial charge in [0.05, 0.1) is 16.0 Å². The molecule has 98 valence electrons. The van der Waals surface area contributed by atoms with E-state index in [9.17, 15) is 4.79 Å². The second-order valence-electron chi connectivity index (χ2n) is 5.13. The normalized spacial score (nSPS) is 12.6. The molecular formula is C16H12N2OS. The third kappa shape index (κ3) is 1.34. The summed E-state index contributed by atoms with van der Waals surface area (Å²) in [4.78, 5) is 14.9. The summed E-state index contributed by atoms with van der Waals surface area (Å²) in [5, 5.41) is 1.00. The van der Waals surface area contributed by atoms with Crippen LogP contribution < -0.4 is 4.90 Å².